The molecule has 7 nitrogen and oxygen atoms in total. The van der Waals surface area contributed by atoms with E-state index in [0.717, 1.165) is 23.4 Å². The highest BCUT2D eigenvalue weighted by atomic mass is 16.3. The Morgan fingerprint density at radius 2 is 1.93 bits per heavy atom. The number of amides is 2. The van der Waals surface area contributed by atoms with Gasteiger partial charge in [-0.1, -0.05) is 19.1 Å². The van der Waals surface area contributed by atoms with Crippen LogP contribution in [-0.4, -0.2) is 18.5 Å². The number of anilines is 4. The van der Waals surface area contributed by atoms with Crippen LogP contribution in [-0.2, 0) is 6.42 Å². The molecular formula is C21H21N5O2. The Morgan fingerprint density at radius 3 is 2.71 bits per heavy atom. The van der Waals surface area contributed by atoms with Gasteiger partial charge in [-0.25, -0.2) is 4.79 Å². The highest BCUT2D eigenvalue weighted by Crippen LogP contribution is 2.27. The van der Waals surface area contributed by atoms with Crippen molar-refractivity contribution in [2.24, 2.45) is 0 Å². The van der Waals surface area contributed by atoms with Crippen LogP contribution in [0.2, 0.25) is 0 Å². The number of fused-ring (bicyclic) bond motifs is 1. The molecule has 142 valence electrons. The van der Waals surface area contributed by atoms with E-state index in [0.29, 0.717) is 24.1 Å². The number of carbonyl (C=O) groups is 1. The number of nitrogens with zero attached hydrogens (tertiary/aromatic N) is 1. The van der Waals surface area contributed by atoms with Gasteiger partial charge >= 0.3 is 6.03 Å². The van der Waals surface area contributed by atoms with Crippen LogP contribution in [0, 0.1) is 5.41 Å². The van der Waals surface area contributed by atoms with E-state index in [-0.39, 0.29) is 6.03 Å². The molecule has 0 fully saturated rings. The third kappa shape index (κ3) is 3.55. The van der Waals surface area contributed by atoms with Crippen molar-refractivity contribution in [2.75, 3.05) is 27.5 Å². The molecule has 2 aromatic carbocycles. The minimum Gasteiger partial charge on any atom is -0.448 e. The van der Waals surface area contributed by atoms with Gasteiger partial charge in [0, 0.05) is 17.1 Å². The Hall–Kier alpha value is -3.74. The second-order valence-electron chi connectivity index (χ2n) is 6.45. The lowest BCUT2D eigenvalue weighted by Crippen LogP contribution is -2.39. The topological polar surface area (TPSA) is 93.4 Å². The fraction of sp³-hybridized carbons (Fsp3) is 0.143. The normalized spacial score (nSPS) is 12.9. The van der Waals surface area contributed by atoms with E-state index in [1.165, 1.54) is 5.56 Å². The summed E-state index contributed by atoms with van der Waals surface area (Å²) in [6.07, 6.45) is 2.48. The summed E-state index contributed by atoms with van der Waals surface area (Å²) in [6.45, 7) is 2.52. The van der Waals surface area contributed by atoms with Crippen LogP contribution < -0.4 is 20.9 Å². The lowest BCUT2D eigenvalue weighted by molar-refractivity contribution is 0.262. The summed E-state index contributed by atoms with van der Waals surface area (Å²) in [7, 11) is 0. The lowest BCUT2D eigenvalue weighted by atomic mass is 10.1. The molecule has 0 saturated carbocycles. The molecule has 0 saturated heterocycles. The third-order valence-electron chi connectivity index (χ3n) is 4.62. The molecule has 3 aromatic rings. The molecule has 0 atom stereocenters. The monoisotopic (exact) mass is 375 g/mol. The standard InChI is InChI=1S/C21H21N5O2/c1-2-14-4-3-5-16(12-14)25-21(27)24-15-6-8-17(9-7-15)26-13-23-20-18(19(26)22)10-11-28-20/h3-12,22-23H,2,13H2,1H3,(H2,24,25,27). The first-order chi connectivity index (χ1) is 13.6. The van der Waals surface area contributed by atoms with E-state index < -0.39 is 0 Å². The summed E-state index contributed by atoms with van der Waals surface area (Å²) in [5.41, 5.74) is 4.18. The van der Waals surface area contributed by atoms with Crippen molar-refractivity contribution in [1.29, 1.82) is 5.41 Å². The van der Waals surface area contributed by atoms with Gasteiger partial charge in [0.15, 0.2) is 0 Å². The van der Waals surface area contributed by atoms with Crippen LogP contribution >= 0.6 is 0 Å². The van der Waals surface area contributed by atoms with Gasteiger partial charge in [-0.2, -0.15) is 0 Å². The van der Waals surface area contributed by atoms with Gasteiger partial charge in [-0.3, -0.25) is 5.41 Å². The van der Waals surface area contributed by atoms with E-state index in [1.54, 1.807) is 12.3 Å². The highest BCUT2D eigenvalue weighted by molar-refractivity contribution is 6.12. The van der Waals surface area contributed by atoms with Crippen LogP contribution in [0.5, 0.6) is 0 Å². The van der Waals surface area contributed by atoms with Crippen molar-refractivity contribution in [3.8, 4) is 0 Å². The molecule has 7 heteroatoms. The second-order valence-corrected chi connectivity index (χ2v) is 6.45. The summed E-state index contributed by atoms with van der Waals surface area (Å²) >= 11 is 0. The van der Waals surface area contributed by atoms with Crippen LogP contribution in [0.25, 0.3) is 0 Å². The van der Waals surface area contributed by atoms with E-state index in [4.69, 9.17) is 9.83 Å². The molecular weight excluding hydrogens is 354 g/mol. The van der Waals surface area contributed by atoms with Crippen LogP contribution in [0.15, 0.2) is 65.3 Å². The molecule has 4 N–H and O–H groups in total. The first-order valence-electron chi connectivity index (χ1n) is 9.09. The number of carbonyl (C=O) groups excluding carboxylic acids is 1. The number of hydrogen-bond donors (Lipinski definition) is 4. The lowest BCUT2D eigenvalue weighted by Gasteiger charge is -2.29. The largest absolute Gasteiger partial charge is 0.448 e. The first kappa shape index (κ1) is 17.7. The maximum absolute atomic E-state index is 12.2. The number of benzene rings is 2. The molecule has 2 amide bonds. The third-order valence-corrected chi connectivity index (χ3v) is 4.62. The first-order valence-corrected chi connectivity index (χ1v) is 9.09. The zero-order valence-corrected chi connectivity index (χ0v) is 15.5. The number of aryl methyl sites for hydroxylation is 1. The molecule has 4 rings (SSSR count). The number of nitrogens with one attached hydrogen (secondary N) is 4. The van der Waals surface area contributed by atoms with Gasteiger partial charge in [0.25, 0.3) is 0 Å². The number of hydrogen-bond acceptors (Lipinski definition) is 4. The zero-order valence-electron chi connectivity index (χ0n) is 15.5. The Morgan fingerprint density at radius 1 is 1.14 bits per heavy atom. The van der Waals surface area contributed by atoms with Crippen molar-refractivity contribution < 1.29 is 9.21 Å². The van der Waals surface area contributed by atoms with Crippen LogP contribution in [0.1, 0.15) is 18.1 Å². The van der Waals surface area contributed by atoms with E-state index in [2.05, 4.69) is 22.9 Å². The van der Waals surface area contributed by atoms with Crippen molar-refractivity contribution in [3.05, 3.63) is 72.0 Å². The zero-order chi connectivity index (χ0) is 19.5. The van der Waals surface area contributed by atoms with Gasteiger partial charge < -0.3 is 25.3 Å². The minimum absolute atomic E-state index is 0.295. The Labute approximate surface area is 162 Å². The van der Waals surface area contributed by atoms with Crippen molar-refractivity contribution in [2.45, 2.75) is 13.3 Å². The molecule has 0 unspecified atom stereocenters. The Bertz CT molecular complexity index is 1010. The minimum atomic E-state index is -0.295. The summed E-state index contributed by atoms with van der Waals surface area (Å²) in [4.78, 5) is 14.1. The molecule has 1 aliphatic rings. The summed E-state index contributed by atoms with van der Waals surface area (Å²) < 4.78 is 5.30. The second kappa shape index (κ2) is 7.48. The highest BCUT2D eigenvalue weighted by Gasteiger charge is 2.24. The molecule has 28 heavy (non-hydrogen) atoms. The smallest absolute Gasteiger partial charge is 0.323 e. The van der Waals surface area contributed by atoms with E-state index in [9.17, 15) is 4.79 Å². The molecule has 1 aliphatic heterocycles. The van der Waals surface area contributed by atoms with Crippen LogP contribution in [0.3, 0.4) is 0 Å². The number of rotatable bonds is 4. The maximum atomic E-state index is 12.2. The van der Waals surface area contributed by atoms with E-state index >= 15 is 0 Å². The van der Waals surface area contributed by atoms with E-state index in [1.807, 2.05) is 53.4 Å². The van der Waals surface area contributed by atoms with Crippen molar-refractivity contribution in [1.82, 2.24) is 0 Å². The molecule has 2 heterocycles. The van der Waals surface area contributed by atoms with Gasteiger partial charge in [0.1, 0.15) is 5.84 Å². The summed E-state index contributed by atoms with van der Waals surface area (Å²) in [5, 5.41) is 17.2. The maximum Gasteiger partial charge on any atom is 0.323 e. The number of urea groups is 1. The molecule has 0 radical (unpaired) electrons. The van der Waals surface area contributed by atoms with Gasteiger partial charge in [0.2, 0.25) is 5.88 Å². The molecule has 0 bridgehead atoms. The predicted octanol–water partition coefficient (Wildman–Crippen LogP) is 4.70. The summed E-state index contributed by atoms with van der Waals surface area (Å²) in [6, 6.07) is 16.6. The van der Waals surface area contributed by atoms with Gasteiger partial charge in [0.05, 0.1) is 18.5 Å². The Kier molecular flexibility index (Phi) is 4.72. The average molecular weight is 375 g/mol. The average Bonchev–Trinajstić information content (AvgIpc) is 3.19. The molecule has 1 aromatic heterocycles. The summed E-state index contributed by atoms with van der Waals surface area (Å²) in [5.74, 6) is 0.986. The van der Waals surface area contributed by atoms with Gasteiger partial charge in [-0.15, -0.1) is 0 Å². The molecule has 0 spiro atoms. The fourth-order valence-electron chi connectivity index (χ4n) is 3.12. The molecule has 0 aliphatic carbocycles. The quantitative estimate of drug-likeness (QED) is 0.532. The SMILES string of the molecule is CCc1cccc(NC(=O)Nc2ccc(N3CNc4occc4C3=N)cc2)c1. The predicted molar refractivity (Wildman–Crippen MR) is 111 cm³/mol. The number of furan rings is 1. The Balaban J connectivity index is 1.41. The van der Waals surface area contributed by atoms with Crippen LogP contribution in [0.4, 0.5) is 27.7 Å². The van der Waals surface area contributed by atoms with Gasteiger partial charge in [-0.05, 0) is 54.4 Å². The number of amidine groups is 1. The van der Waals surface area contributed by atoms with Crippen molar-refractivity contribution in [3.63, 3.8) is 0 Å². The fourth-order valence-corrected chi connectivity index (χ4v) is 3.12. The van der Waals surface area contributed by atoms with Crippen molar-refractivity contribution >= 4 is 34.8 Å².